The molecule has 17 heavy (non-hydrogen) atoms. The van der Waals surface area contributed by atoms with Crippen molar-refractivity contribution in [3.8, 4) is 5.75 Å². The normalized spacial score (nSPS) is 13.8. The maximum Gasteiger partial charge on any atom is 0.120 e. The maximum atomic E-state index is 10.0. The van der Waals surface area contributed by atoms with Crippen LogP contribution in [0.1, 0.15) is 64.5 Å². The van der Waals surface area contributed by atoms with Gasteiger partial charge in [-0.3, -0.25) is 0 Å². The van der Waals surface area contributed by atoms with Gasteiger partial charge in [0.2, 0.25) is 0 Å². The van der Waals surface area contributed by atoms with Crippen molar-refractivity contribution in [2.45, 2.75) is 58.8 Å². The second-order valence-corrected chi connectivity index (χ2v) is 6.68. The first-order valence-electron chi connectivity index (χ1n) is 6.30. The molecule has 0 aliphatic carbocycles. The lowest BCUT2D eigenvalue weighted by Gasteiger charge is -2.24. The van der Waals surface area contributed by atoms with Gasteiger partial charge in [0.25, 0.3) is 0 Å². The molecule has 0 aliphatic heterocycles. The average Bonchev–Trinajstić information content (AvgIpc) is 2.15. The molecule has 0 heterocycles. The summed E-state index contributed by atoms with van der Waals surface area (Å²) >= 11 is 3.55. The van der Waals surface area contributed by atoms with Crippen molar-refractivity contribution < 1.29 is 5.11 Å². The molecule has 1 rings (SSSR count). The molecule has 1 nitrogen and oxygen atoms in total. The second kappa shape index (κ2) is 5.43. The molecule has 0 fully saturated rings. The zero-order valence-corrected chi connectivity index (χ0v) is 13.1. The van der Waals surface area contributed by atoms with Gasteiger partial charge in [-0.05, 0) is 34.9 Å². The molecule has 96 valence electrons. The Kier molecular flexibility index (Phi) is 4.65. The summed E-state index contributed by atoms with van der Waals surface area (Å²) in [6.45, 7) is 10.9. The van der Waals surface area contributed by atoms with Gasteiger partial charge < -0.3 is 5.11 Å². The Labute approximate surface area is 113 Å². The summed E-state index contributed by atoms with van der Waals surface area (Å²) < 4.78 is 0.995. The van der Waals surface area contributed by atoms with E-state index in [-0.39, 0.29) is 5.41 Å². The van der Waals surface area contributed by atoms with Crippen molar-refractivity contribution in [2.24, 2.45) is 0 Å². The molecule has 0 bridgehead atoms. The minimum Gasteiger partial charge on any atom is -0.508 e. The monoisotopic (exact) mass is 298 g/mol. The highest BCUT2D eigenvalue weighted by Crippen LogP contribution is 2.38. The zero-order chi connectivity index (χ0) is 13.2. The smallest absolute Gasteiger partial charge is 0.120 e. The lowest BCUT2D eigenvalue weighted by molar-refractivity contribution is 0.457. The number of aromatic hydroxyl groups is 1. The van der Waals surface area contributed by atoms with E-state index in [4.69, 9.17) is 0 Å². The van der Waals surface area contributed by atoms with E-state index in [9.17, 15) is 5.11 Å². The van der Waals surface area contributed by atoms with Crippen molar-refractivity contribution in [3.63, 3.8) is 0 Å². The van der Waals surface area contributed by atoms with Crippen LogP contribution < -0.4 is 0 Å². The lowest BCUT2D eigenvalue weighted by Crippen LogP contribution is -2.13. The number of phenols is 1. The zero-order valence-electron chi connectivity index (χ0n) is 11.5. The number of hydrogen-bond acceptors (Lipinski definition) is 1. The molecule has 0 saturated carbocycles. The summed E-state index contributed by atoms with van der Waals surface area (Å²) in [4.78, 5) is 0. The molecule has 1 unspecified atom stereocenters. The number of benzene rings is 1. The third-order valence-corrected chi connectivity index (χ3v) is 3.83. The lowest BCUT2D eigenvalue weighted by atomic mass is 9.84. The third kappa shape index (κ3) is 3.48. The number of rotatable bonds is 3. The van der Waals surface area contributed by atoms with E-state index in [1.807, 2.05) is 6.07 Å². The topological polar surface area (TPSA) is 20.2 Å². The Morgan fingerprint density at radius 2 is 1.88 bits per heavy atom. The molecule has 1 aromatic carbocycles. The van der Waals surface area contributed by atoms with Crippen LogP contribution in [0.25, 0.3) is 0 Å². The van der Waals surface area contributed by atoms with Gasteiger partial charge >= 0.3 is 0 Å². The van der Waals surface area contributed by atoms with Crippen LogP contribution in [0.2, 0.25) is 0 Å². The van der Waals surface area contributed by atoms with Crippen LogP contribution in [0.4, 0.5) is 0 Å². The third-order valence-electron chi connectivity index (χ3n) is 3.18. The van der Waals surface area contributed by atoms with Crippen molar-refractivity contribution >= 4 is 15.9 Å². The predicted molar refractivity (Wildman–Crippen MR) is 77.8 cm³/mol. The SMILES string of the molecule is CCCC(C)c1cc(C(C)(C)C)c(Br)cc1O. The first-order valence-corrected chi connectivity index (χ1v) is 7.09. The first kappa shape index (κ1) is 14.6. The summed E-state index contributed by atoms with van der Waals surface area (Å²) in [6.07, 6.45) is 2.25. The molecular weight excluding hydrogens is 276 g/mol. The molecule has 1 aromatic rings. The quantitative estimate of drug-likeness (QED) is 0.797. The van der Waals surface area contributed by atoms with Crippen LogP contribution in [0, 0.1) is 0 Å². The van der Waals surface area contributed by atoms with E-state index in [1.54, 1.807) is 0 Å². The fraction of sp³-hybridized carbons (Fsp3) is 0.600. The molecule has 1 N–H and O–H groups in total. The van der Waals surface area contributed by atoms with Gasteiger partial charge in [0.1, 0.15) is 5.75 Å². The molecule has 0 spiro atoms. The van der Waals surface area contributed by atoms with Gasteiger partial charge in [-0.25, -0.2) is 0 Å². The van der Waals surface area contributed by atoms with Crippen molar-refractivity contribution in [1.82, 2.24) is 0 Å². The fourth-order valence-corrected chi connectivity index (χ4v) is 3.06. The van der Waals surface area contributed by atoms with E-state index < -0.39 is 0 Å². The molecule has 0 amide bonds. The van der Waals surface area contributed by atoms with Crippen molar-refractivity contribution in [1.29, 1.82) is 0 Å². The van der Waals surface area contributed by atoms with Gasteiger partial charge in [0, 0.05) is 4.47 Å². The number of halogens is 1. The van der Waals surface area contributed by atoms with E-state index in [2.05, 4.69) is 56.6 Å². The minimum absolute atomic E-state index is 0.0905. The summed E-state index contributed by atoms with van der Waals surface area (Å²) in [5, 5.41) is 10.0. The van der Waals surface area contributed by atoms with E-state index in [1.165, 1.54) is 5.56 Å². The predicted octanol–water partition coefficient (Wildman–Crippen LogP) is 5.36. The summed E-state index contributed by atoms with van der Waals surface area (Å²) in [6, 6.07) is 3.99. The highest BCUT2D eigenvalue weighted by molar-refractivity contribution is 9.10. The van der Waals surface area contributed by atoms with Gasteiger partial charge in [0.05, 0.1) is 0 Å². The average molecular weight is 299 g/mol. The van der Waals surface area contributed by atoms with Gasteiger partial charge in [-0.15, -0.1) is 0 Å². The summed E-state index contributed by atoms with van der Waals surface area (Å²) in [7, 11) is 0. The van der Waals surface area contributed by atoms with Crippen LogP contribution in [0.3, 0.4) is 0 Å². The van der Waals surface area contributed by atoms with Crippen LogP contribution in [0.15, 0.2) is 16.6 Å². The molecule has 0 aliphatic rings. The van der Waals surface area contributed by atoms with E-state index in [0.717, 1.165) is 22.9 Å². The molecule has 1 atom stereocenters. The summed E-state index contributed by atoms with van der Waals surface area (Å²) in [5.74, 6) is 0.819. The molecule has 0 aromatic heterocycles. The standard InChI is InChI=1S/C15H23BrO/c1-6-7-10(2)11-8-12(15(3,4)5)13(16)9-14(11)17/h8-10,17H,6-7H2,1-5H3. The van der Waals surface area contributed by atoms with E-state index in [0.29, 0.717) is 11.7 Å². The minimum atomic E-state index is 0.0905. The van der Waals surface area contributed by atoms with Gasteiger partial charge in [-0.2, -0.15) is 0 Å². The van der Waals surface area contributed by atoms with Gasteiger partial charge in [-0.1, -0.05) is 63.0 Å². The Balaban J connectivity index is 3.24. The second-order valence-electron chi connectivity index (χ2n) is 5.83. The Bertz CT molecular complexity index is 391. The largest absolute Gasteiger partial charge is 0.508 e. The van der Waals surface area contributed by atoms with E-state index >= 15 is 0 Å². The molecule has 0 saturated heterocycles. The summed E-state index contributed by atoms with van der Waals surface area (Å²) in [5.41, 5.74) is 2.42. The van der Waals surface area contributed by atoms with Gasteiger partial charge in [0.15, 0.2) is 0 Å². The maximum absolute atomic E-state index is 10.0. The number of phenolic OH excluding ortho intramolecular Hbond substituents is 1. The van der Waals surface area contributed by atoms with Crippen molar-refractivity contribution in [3.05, 3.63) is 27.7 Å². The molecular formula is C15H23BrO. The Morgan fingerprint density at radius 1 is 1.29 bits per heavy atom. The van der Waals surface area contributed by atoms with Crippen LogP contribution in [-0.2, 0) is 5.41 Å². The van der Waals surface area contributed by atoms with Crippen LogP contribution in [0.5, 0.6) is 5.75 Å². The van der Waals surface area contributed by atoms with Crippen LogP contribution >= 0.6 is 15.9 Å². The highest BCUT2D eigenvalue weighted by Gasteiger charge is 2.21. The highest BCUT2D eigenvalue weighted by atomic mass is 79.9. The van der Waals surface area contributed by atoms with Crippen LogP contribution in [-0.4, -0.2) is 5.11 Å². The Hall–Kier alpha value is -0.500. The fourth-order valence-electron chi connectivity index (χ4n) is 2.14. The number of hydrogen-bond donors (Lipinski definition) is 1. The first-order chi connectivity index (χ1) is 7.77. The molecule has 2 heteroatoms. The van der Waals surface area contributed by atoms with Crippen molar-refractivity contribution in [2.75, 3.05) is 0 Å². The Morgan fingerprint density at radius 3 is 2.35 bits per heavy atom. The molecule has 0 radical (unpaired) electrons.